The highest BCUT2D eigenvalue weighted by Crippen LogP contribution is 2.57. The maximum absolute atomic E-state index is 13.3. The molecule has 0 spiro atoms. The molecule has 8 heteroatoms. The standard InChI is InChI=1S/C17H22F6O2/c1-9(2)14(24)12-7-3-6-11-10(12)5-4-8-13(11)15(25,16(18,19)20)17(21,22)23/h10-13,25H,1,3-8H2,2H3. The largest absolute Gasteiger partial charge is 0.426 e. The number of aliphatic hydroxyl groups is 1. The third-order valence-corrected chi connectivity index (χ3v) is 5.85. The average Bonchev–Trinajstić information content (AvgIpc) is 2.49. The van der Waals surface area contributed by atoms with Crippen molar-refractivity contribution < 1.29 is 36.2 Å². The van der Waals surface area contributed by atoms with E-state index in [0.29, 0.717) is 19.3 Å². The third kappa shape index (κ3) is 3.34. The first-order chi connectivity index (χ1) is 11.3. The topological polar surface area (TPSA) is 37.3 Å². The molecule has 0 bridgehead atoms. The number of carbonyl (C=O) groups excluding carboxylic acids is 1. The number of halogens is 6. The molecule has 2 aliphatic rings. The van der Waals surface area contributed by atoms with E-state index >= 15 is 0 Å². The molecule has 2 rings (SSSR count). The second kappa shape index (κ2) is 6.59. The molecule has 2 fully saturated rings. The minimum Gasteiger partial charge on any atom is -0.373 e. The van der Waals surface area contributed by atoms with Gasteiger partial charge < -0.3 is 5.11 Å². The maximum atomic E-state index is 13.3. The van der Waals surface area contributed by atoms with Crippen LogP contribution < -0.4 is 0 Å². The molecule has 0 aromatic carbocycles. The molecule has 0 saturated heterocycles. The predicted octanol–water partition coefficient (Wildman–Crippen LogP) is 4.82. The summed E-state index contributed by atoms with van der Waals surface area (Å²) in [5.74, 6) is -4.44. The highest BCUT2D eigenvalue weighted by atomic mass is 19.4. The van der Waals surface area contributed by atoms with Crippen molar-refractivity contribution in [3.63, 3.8) is 0 Å². The fraction of sp³-hybridized carbons (Fsp3) is 0.824. The van der Waals surface area contributed by atoms with Crippen LogP contribution in [0, 0.1) is 23.7 Å². The summed E-state index contributed by atoms with van der Waals surface area (Å²) in [7, 11) is 0. The van der Waals surface area contributed by atoms with E-state index in [9.17, 15) is 36.2 Å². The van der Waals surface area contributed by atoms with Crippen LogP contribution in [0.1, 0.15) is 45.4 Å². The zero-order valence-electron chi connectivity index (χ0n) is 13.9. The zero-order valence-corrected chi connectivity index (χ0v) is 13.9. The minimum absolute atomic E-state index is 0.125. The number of Topliss-reactive ketones (excluding diaryl/α,β-unsaturated/α-hetero) is 1. The van der Waals surface area contributed by atoms with Gasteiger partial charge in [0.1, 0.15) is 0 Å². The monoisotopic (exact) mass is 372 g/mol. The fourth-order valence-electron chi connectivity index (χ4n) is 4.74. The van der Waals surface area contributed by atoms with E-state index in [1.165, 1.54) is 6.92 Å². The first-order valence-electron chi connectivity index (χ1n) is 8.38. The summed E-state index contributed by atoms with van der Waals surface area (Å²) in [5, 5.41) is 9.83. The van der Waals surface area contributed by atoms with Crippen LogP contribution in [0.5, 0.6) is 0 Å². The number of allylic oxidation sites excluding steroid dienone is 1. The van der Waals surface area contributed by atoms with Crippen molar-refractivity contribution >= 4 is 5.78 Å². The third-order valence-electron chi connectivity index (χ3n) is 5.85. The minimum atomic E-state index is -5.82. The number of alkyl halides is 6. The van der Waals surface area contributed by atoms with Crippen LogP contribution in [0.4, 0.5) is 26.3 Å². The van der Waals surface area contributed by atoms with Crippen LogP contribution in [-0.4, -0.2) is 28.8 Å². The SMILES string of the molecule is C=C(C)C(=O)C1CCCC2C1CCCC2C(O)(C(F)(F)F)C(F)(F)F. The lowest BCUT2D eigenvalue weighted by Gasteiger charge is -2.50. The van der Waals surface area contributed by atoms with Gasteiger partial charge in [-0.1, -0.05) is 19.4 Å². The Bertz CT molecular complexity index is 522. The van der Waals surface area contributed by atoms with Crippen molar-refractivity contribution in [1.29, 1.82) is 0 Å². The fourth-order valence-corrected chi connectivity index (χ4v) is 4.74. The molecule has 4 atom stereocenters. The predicted molar refractivity (Wildman–Crippen MR) is 78.5 cm³/mol. The average molecular weight is 372 g/mol. The molecule has 25 heavy (non-hydrogen) atoms. The van der Waals surface area contributed by atoms with E-state index < -0.39 is 41.6 Å². The van der Waals surface area contributed by atoms with Gasteiger partial charge in [0.05, 0.1) is 0 Å². The molecule has 0 heterocycles. The molecule has 144 valence electrons. The van der Waals surface area contributed by atoms with Crippen molar-refractivity contribution in [1.82, 2.24) is 0 Å². The summed E-state index contributed by atoms with van der Waals surface area (Å²) in [5.41, 5.74) is -4.48. The van der Waals surface area contributed by atoms with Crippen LogP contribution in [-0.2, 0) is 4.79 Å². The maximum Gasteiger partial charge on any atom is 0.426 e. The van der Waals surface area contributed by atoms with Crippen molar-refractivity contribution in [2.75, 3.05) is 0 Å². The molecule has 2 nitrogen and oxygen atoms in total. The van der Waals surface area contributed by atoms with E-state index in [-0.39, 0.29) is 30.6 Å². The number of hydrogen-bond acceptors (Lipinski definition) is 2. The lowest BCUT2D eigenvalue weighted by Crippen LogP contribution is -2.65. The summed E-state index contributed by atoms with van der Waals surface area (Å²) < 4.78 is 79.7. The van der Waals surface area contributed by atoms with Gasteiger partial charge in [-0.25, -0.2) is 0 Å². The Balaban J connectivity index is 2.42. The van der Waals surface area contributed by atoms with Crippen molar-refractivity contribution in [2.45, 2.75) is 63.4 Å². The van der Waals surface area contributed by atoms with Gasteiger partial charge in [-0.15, -0.1) is 0 Å². The Labute approximate surface area is 142 Å². The molecule has 1 N–H and O–H groups in total. The lowest BCUT2D eigenvalue weighted by atomic mass is 9.56. The highest BCUT2D eigenvalue weighted by Gasteiger charge is 2.75. The van der Waals surface area contributed by atoms with E-state index in [4.69, 9.17) is 0 Å². The summed E-state index contributed by atoms with van der Waals surface area (Å²) in [4.78, 5) is 12.3. The molecular weight excluding hydrogens is 350 g/mol. The van der Waals surface area contributed by atoms with E-state index in [0.717, 1.165) is 0 Å². The van der Waals surface area contributed by atoms with Crippen LogP contribution >= 0.6 is 0 Å². The molecule has 0 amide bonds. The van der Waals surface area contributed by atoms with E-state index in [1.54, 1.807) is 0 Å². The van der Waals surface area contributed by atoms with Gasteiger partial charge in [0.15, 0.2) is 5.78 Å². The molecular formula is C17H22F6O2. The number of fused-ring (bicyclic) bond motifs is 1. The quantitative estimate of drug-likeness (QED) is 0.570. The second-order valence-corrected chi connectivity index (χ2v) is 7.31. The van der Waals surface area contributed by atoms with Crippen molar-refractivity contribution in [2.24, 2.45) is 23.7 Å². The van der Waals surface area contributed by atoms with Crippen molar-refractivity contribution in [3.05, 3.63) is 12.2 Å². The number of rotatable bonds is 3. The highest BCUT2D eigenvalue weighted by molar-refractivity contribution is 5.96. The molecule has 0 aromatic heterocycles. The van der Waals surface area contributed by atoms with Gasteiger partial charge in [-0.2, -0.15) is 26.3 Å². The number of carbonyl (C=O) groups is 1. The Morgan fingerprint density at radius 2 is 1.40 bits per heavy atom. The zero-order chi connectivity index (χ0) is 19.2. The smallest absolute Gasteiger partial charge is 0.373 e. The van der Waals surface area contributed by atoms with E-state index in [2.05, 4.69) is 6.58 Å². The first-order valence-corrected chi connectivity index (χ1v) is 8.38. The van der Waals surface area contributed by atoms with E-state index in [1.807, 2.05) is 0 Å². The summed E-state index contributed by atoms with van der Waals surface area (Å²) >= 11 is 0. The molecule has 0 radical (unpaired) electrons. The molecule has 2 saturated carbocycles. The normalized spacial score (nSPS) is 31.4. The Morgan fingerprint density at radius 1 is 0.920 bits per heavy atom. The Hall–Kier alpha value is -1.05. The van der Waals surface area contributed by atoms with Gasteiger partial charge in [0.25, 0.3) is 5.60 Å². The van der Waals surface area contributed by atoms with Gasteiger partial charge in [0.2, 0.25) is 0 Å². The summed E-state index contributed by atoms with van der Waals surface area (Å²) in [6, 6.07) is 0. The molecule has 4 unspecified atom stereocenters. The Morgan fingerprint density at radius 3 is 1.88 bits per heavy atom. The van der Waals surface area contributed by atoms with Gasteiger partial charge in [-0.05, 0) is 50.0 Å². The molecule has 0 aromatic rings. The van der Waals surface area contributed by atoms with Crippen LogP contribution in [0.15, 0.2) is 12.2 Å². The van der Waals surface area contributed by atoms with Crippen LogP contribution in [0.3, 0.4) is 0 Å². The number of ketones is 1. The molecule has 0 aliphatic heterocycles. The van der Waals surface area contributed by atoms with Crippen LogP contribution in [0.2, 0.25) is 0 Å². The second-order valence-electron chi connectivity index (χ2n) is 7.31. The van der Waals surface area contributed by atoms with Gasteiger partial charge in [0, 0.05) is 11.8 Å². The summed E-state index contributed by atoms with van der Waals surface area (Å²) in [6.45, 7) is 5.05. The molecule has 2 aliphatic carbocycles. The first kappa shape index (κ1) is 20.3. The number of hydrogen-bond donors (Lipinski definition) is 1. The summed E-state index contributed by atoms with van der Waals surface area (Å²) in [6.07, 6.45) is -10.5. The Kier molecular flexibility index (Phi) is 5.34. The van der Waals surface area contributed by atoms with Crippen LogP contribution in [0.25, 0.3) is 0 Å². The van der Waals surface area contributed by atoms with Gasteiger partial charge in [-0.3, -0.25) is 4.79 Å². The lowest BCUT2D eigenvalue weighted by molar-refractivity contribution is -0.393. The van der Waals surface area contributed by atoms with Crippen molar-refractivity contribution in [3.8, 4) is 0 Å². The van der Waals surface area contributed by atoms with Gasteiger partial charge >= 0.3 is 12.4 Å².